The minimum atomic E-state index is -1.21. The lowest BCUT2D eigenvalue weighted by Crippen LogP contribution is -2.50. The number of fused-ring (bicyclic) bond motifs is 1. The van der Waals surface area contributed by atoms with Gasteiger partial charge in [-0.25, -0.2) is 0 Å². The molecule has 16 heteroatoms. The van der Waals surface area contributed by atoms with E-state index in [0.29, 0.717) is 45.1 Å². The number of aromatic nitrogens is 1. The Labute approximate surface area is 383 Å². The quantitative estimate of drug-likeness (QED) is 0.0680. The molecule has 65 heavy (non-hydrogen) atoms. The standard InChI is InChI=1S/C49H72N6O10/c1-8-10-14-32(25-41(58)38(19-20-40(57)48(64)51-7)53-44(61)21-18-31(6)56)47(63)54-45(30(5)9-2)43(60)27-34(23-29(3)4)49(65)55-22-13-17-39(55)42(59)26-33(46(50)62)24-35-28-52-37-16-12-11-15-36(35)37/h11-12,15-16,28-30,32-34,38-39,45,52H,8-10,13-14,17-27H2,1-7H3,(H2,50,62)(H,51,64)(H,53,61)(H,54,63)/t30-,32-,33-,34-,38+,39+,45?/m1/s1. The Morgan fingerprint density at radius 1 is 0.846 bits per heavy atom. The first-order valence-corrected chi connectivity index (χ1v) is 23.4. The zero-order valence-corrected chi connectivity index (χ0v) is 39.4. The van der Waals surface area contributed by atoms with Gasteiger partial charge in [0.1, 0.15) is 5.78 Å². The minimum absolute atomic E-state index is 0.00699. The van der Waals surface area contributed by atoms with Crippen LogP contribution in [0.2, 0.25) is 0 Å². The maximum Gasteiger partial charge on any atom is 0.287 e. The van der Waals surface area contributed by atoms with Gasteiger partial charge >= 0.3 is 0 Å². The summed E-state index contributed by atoms with van der Waals surface area (Å²) in [6.45, 7) is 11.2. The first-order chi connectivity index (χ1) is 30.8. The Bertz CT molecular complexity index is 2030. The number of likely N-dealkylation sites (tertiary alicyclic amines) is 1. The summed E-state index contributed by atoms with van der Waals surface area (Å²) in [4.78, 5) is 137. The number of hydrogen-bond donors (Lipinski definition) is 5. The predicted molar refractivity (Wildman–Crippen MR) is 246 cm³/mol. The number of ketones is 5. The van der Waals surface area contributed by atoms with Gasteiger partial charge in [-0.3, -0.25) is 43.2 Å². The van der Waals surface area contributed by atoms with Gasteiger partial charge in [0.2, 0.25) is 29.4 Å². The number of hydrogen-bond acceptors (Lipinski definition) is 10. The Balaban J connectivity index is 1.80. The molecule has 0 bridgehead atoms. The number of benzene rings is 1. The molecule has 2 heterocycles. The molecule has 1 saturated heterocycles. The lowest BCUT2D eigenvalue weighted by atomic mass is 9.84. The third-order valence-corrected chi connectivity index (χ3v) is 12.6. The molecule has 3 rings (SSSR count). The molecular weight excluding hydrogens is 833 g/mol. The highest BCUT2D eigenvalue weighted by atomic mass is 16.2. The Morgan fingerprint density at radius 3 is 2.17 bits per heavy atom. The maximum atomic E-state index is 14.5. The highest BCUT2D eigenvalue weighted by Gasteiger charge is 2.40. The van der Waals surface area contributed by atoms with E-state index in [9.17, 15) is 47.9 Å². The maximum absolute atomic E-state index is 14.5. The van der Waals surface area contributed by atoms with Crippen molar-refractivity contribution >= 4 is 69.4 Å². The molecule has 0 spiro atoms. The molecule has 2 aromatic rings. The fraction of sp³-hybridized carbons (Fsp3) is 0.633. The Hall–Kier alpha value is -5.54. The van der Waals surface area contributed by atoms with Crippen molar-refractivity contribution in [2.75, 3.05) is 13.6 Å². The van der Waals surface area contributed by atoms with E-state index in [-0.39, 0.29) is 92.9 Å². The van der Waals surface area contributed by atoms with Crippen LogP contribution >= 0.6 is 0 Å². The second-order valence-electron chi connectivity index (χ2n) is 18.3. The number of carbonyl (C=O) groups is 10. The minimum Gasteiger partial charge on any atom is -0.369 e. The van der Waals surface area contributed by atoms with Gasteiger partial charge in [0.15, 0.2) is 17.3 Å². The van der Waals surface area contributed by atoms with Gasteiger partial charge in [0.05, 0.1) is 18.1 Å². The van der Waals surface area contributed by atoms with Crippen LogP contribution in [-0.4, -0.2) is 100 Å². The lowest BCUT2D eigenvalue weighted by molar-refractivity contribution is -0.144. The first-order valence-electron chi connectivity index (χ1n) is 23.4. The van der Waals surface area contributed by atoms with Crippen LogP contribution in [0.15, 0.2) is 30.5 Å². The van der Waals surface area contributed by atoms with E-state index >= 15 is 0 Å². The highest BCUT2D eigenvalue weighted by Crippen LogP contribution is 2.30. The van der Waals surface area contributed by atoms with E-state index < -0.39 is 71.1 Å². The summed E-state index contributed by atoms with van der Waals surface area (Å²) in [5, 5.41) is 8.69. The summed E-state index contributed by atoms with van der Waals surface area (Å²) >= 11 is 0. The zero-order chi connectivity index (χ0) is 48.4. The molecule has 0 radical (unpaired) electrons. The van der Waals surface area contributed by atoms with E-state index in [1.807, 2.05) is 65.1 Å². The number of primary amides is 1. The van der Waals surface area contributed by atoms with E-state index in [2.05, 4.69) is 20.9 Å². The molecule has 5 amide bonds. The van der Waals surface area contributed by atoms with E-state index in [4.69, 9.17) is 5.73 Å². The SMILES string of the molecule is CCCC[C@H](CC(=O)[C@H](CCC(=O)C(=O)NC)NC(=O)CCC(C)=O)C(=O)NC(C(=O)C[C@@H](CC(C)C)C(=O)N1CCC[C@H]1C(=O)C[C@@H](Cc1c[nH]c2ccccc12)C(N)=O)[C@H](C)CC. The number of Topliss-reactive ketones (excluding diaryl/α,β-unsaturated/α-hetero) is 5. The van der Waals surface area contributed by atoms with Crippen molar-refractivity contribution in [3.8, 4) is 0 Å². The number of nitrogens with two attached hydrogens (primary N) is 1. The van der Waals surface area contributed by atoms with Crippen LogP contribution in [0.4, 0.5) is 0 Å². The summed E-state index contributed by atoms with van der Waals surface area (Å²) in [6.07, 6.45) is 4.04. The number of H-pyrrole nitrogens is 1. The Morgan fingerprint density at radius 2 is 1.54 bits per heavy atom. The van der Waals surface area contributed by atoms with Crippen LogP contribution < -0.4 is 21.7 Å². The molecule has 1 aromatic heterocycles. The van der Waals surface area contributed by atoms with Gasteiger partial charge in [-0.1, -0.05) is 72.1 Å². The third kappa shape index (κ3) is 16.4. The van der Waals surface area contributed by atoms with Crippen molar-refractivity contribution in [1.29, 1.82) is 0 Å². The summed E-state index contributed by atoms with van der Waals surface area (Å²) in [6, 6.07) is 4.66. The van der Waals surface area contributed by atoms with Crippen LogP contribution in [0.25, 0.3) is 10.9 Å². The molecular formula is C49H72N6O10. The topological polar surface area (TPSA) is 252 Å². The third-order valence-electron chi connectivity index (χ3n) is 12.6. The van der Waals surface area contributed by atoms with Crippen molar-refractivity contribution in [2.24, 2.45) is 35.3 Å². The molecule has 1 aliphatic heterocycles. The highest BCUT2D eigenvalue weighted by molar-refractivity contribution is 6.36. The molecule has 1 unspecified atom stereocenters. The van der Waals surface area contributed by atoms with E-state index in [0.717, 1.165) is 16.5 Å². The molecule has 0 aliphatic carbocycles. The van der Waals surface area contributed by atoms with Gasteiger partial charge < -0.3 is 36.4 Å². The summed E-state index contributed by atoms with van der Waals surface area (Å²) in [7, 11) is 1.30. The number of amides is 5. The molecule has 0 saturated carbocycles. The molecule has 1 aromatic carbocycles. The lowest BCUT2D eigenvalue weighted by Gasteiger charge is -2.31. The van der Waals surface area contributed by atoms with Crippen LogP contribution in [0.5, 0.6) is 0 Å². The van der Waals surface area contributed by atoms with Gasteiger partial charge in [0, 0.05) is 87.0 Å². The fourth-order valence-electron chi connectivity index (χ4n) is 8.63. The second-order valence-corrected chi connectivity index (χ2v) is 18.3. The summed E-state index contributed by atoms with van der Waals surface area (Å²) < 4.78 is 0. The number of rotatable bonds is 30. The van der Waals surface area contributed by atoms with Crippen molar-refractivity contribution < 1.29 is 47.9 Å². The summed E-state index contributed by atoms with van der Waals surface area (Å²) in [5.74, 6) is -7.91. The fourth-order valence-corrected chi connectivity index (χ4v) is 8.63. The smallest absolute Gasteiger partial charge is 0.287 e. The van der Waals surface area contributed by atoms with Crippen LogP contribution in [0.3, 0.4) is 0 Å². The predicted octanol–water partition coefficient (Wildman–Crippen LogP) is 4.63. The van der Waals surface area contributed by atoms with Crippen LogP contribution in [0, 0.1) is 29.6 Å². The number of nitrogens with one attached hydrogen (secondary N) is 4. The normalized spacial score (nSPS) is 16.5. The molecule has 7 atom stereocenters. The van der Waals surface area contributed by atoms with Crippen molar-refractivity contribution in [3.05, 3.63) is 36.0 Å². The molecule has 1 aliphatic rings. The van der Waals surface area contributed by atoms with Crippen LogP contribution in [-0.2, 0) is 54.4 Å². The van der Waals surface area contributed by atoms with Gasteiger partial charge in [-0.05, 0) is 68.9 Å². The van der Waals surface area contributed by atoms with E-state index in [1.165, 1.54) is 14.0 Å². The number of nitrogens with zero attached hydrogens (tertiary/aromatic N) is 1. The molecule has 6 N–H and O–H groups in total. The summed E-state index contributed by atoms with van der Waals surface area (Å²) in [5.41, 5.74) is 7.59. The number of carbonyl (C=O) groups excluding carboxylic acids is 10. The van der Waals surface area contributed by atoms with Crippen molar-refractivity contribution in [3.63, 3.8) is 0 Å². The number of para-hydroxylation sites is 1. The van der Waals surface area contributed by atoms with Gasteiger partial charge in [-0.2, -0.15) is 0 Å². The average molecular weight is 905 g/mol. The van der Waals surface area contributed by atoms with Crippen molar-refractivity contribution in [1.82, 2.24) is 25.8 Å². The number of unbranched alkanes of at least 4 members (excludes halogenated alkanes) is 1. The number of likely N-dealkylation sites (N-methyl/N-ethyl adjacent to an activating group) is 1. The molecule has 16 nitrogen and oxygen atoms in total. The Kier molecular flexibility index (Phi) is 21.9. The second kappa shape index (κ2) is 26.4. The first kappa shape index (κ1) is 53.8. The number of aromatic amines is 1. The molecule has 358 valence electrons. The van der Waals surface area contributed by atoms with Crippen LogP contribution in [0.1, 0.15) is 137 Å². The molecule has 1 fully saturated rings. The van der Waals surface area contributed by atoms with Crippen molar-refractivity contribution in [2.45, 2.75) is 156 Å². The monoisotopic (exact) mass is 905 g/mol. The largest absolute Gasteiger partial charge is 0.369 e. The zero-order valence-electron chi connectivity index (χ0n) is 39.4. The average Bonchev–Trinajstić information content (AvgIpc) is 3.93. The van der Waals surface area contributed by atoms with E-state index in [1.54, 1.807) is 4.90 Å². The van der Waals surface area contributed by atoms with Gasteiger partial charge in [0.25, 0.3) is 5.91 Å². The van der Waals surface area contributed by atoms with Gasteiger partial charge in [-0.15, -0.1) is 0 Å².